The second-order valence-corrected chi connectivity index (χ2v) is 5.18. The highest BCUT2D eigenvalue weighted by Crippen LogP contribution is 2.28. The average molecular weight is 329 g/mol. The molecule has 2 aromatic rings. The van der Waals surface area contributed by atoms with E-state index in [2.05, 4.69) is 10.6 Å². The number of nitro groups is 1. The summed E-state index contributed by atoms with van der Waals surface area (Å²) < 4.78 is 5.22. The van der Waals surface area contributed by atoms with Crippen LogP contribution in [-0.2, 0) is 0 Å². The number of nitrogens with one attached hydrogen (secondary N) is 2. The molecule has 0 aliphatic heterocycles. The van der Waals surface area contributed by atoms with Gasteiger partial charge in [-0.15, -0.1) is 0 Å². The van der Waals surface area contributed by atoms with E-state index in [0.717, 1.165) is 5.56 Å². The van der Waals surface area contributed by atoms with Gasteiger partial charge < -0.3 is 15.4 Å². The molecule has 0 fully saturated rings. The molecule has 0 heterocycles. The van der Waals surface area contributed by atoms with Crippen LogP contribution in [0.5, 0.6) is 5.75 Å². The van der Waals surface area contributed by atoms with Crippen molar-refractivity contribution in [1.29, 1.82) is 0 Å². The van der Waals surface area contributed by atoms with Crippen molar-refractivity contribution in [3.8, 4) is 5.75 Å². The number of nitro benzene ring substituents is 1. The smallest absolute Gasteiger partial charge is 0.293 e. The summed E-state index contributed by atoms with van der Waals surface area (Å²) in [6.07, 6.45) is 0. The molecular weight excluding hydrogens is 310 g/mol. The van der Waals surface area contributed by atoms with Crippen LogP contribution in [0.2, 0.25) is 0 Å². The summed E-state index contributed by atoms with van der Waals surface area (Å²) in [5.74, 6) is 0.0813. The van der Waals surface area contributed by atoms with Gasteiger partial charge in [0.1, 0.15) is 11.4 Å². The molecule has 0 aromatic heterocycles. The fourth-order valence-corrected chi connectivity index (χ4v) is 2.28. The molecule has 2 aromatic carbocycles. The molecule has 0 saturated heterocycles. The predicted octanol–water partition coefficient (Wildman–Crippen LogP) is 3.60. The highest BCUT2D eigenvalue weighted by atomic mass is 16.6. The quantitative estimate of drug-likeness (QED) is 0.624. The Morgan fingerprint density at radius 2 is 1.96 bits per heavy atom. The van der Waals surface area contributed by atoms with E-state index >= 15 is 0 Å². The third-order valence-corrected chi connectivity index (χ3v) is 3.43. The number of benzene rings is 2. The number of carbonyl (C=O) groups excluding carboxylic acids is 1. The fourth-order valence-electron chi connectivity index (χ4n) is 2.28. The van der Waals surface area contributed by atoms with Crippen LogP contribution in [0.3, 0.4) is 0 Å². The lowest BCUT2D eigenvalue weighted by Crippen LogP contribution is -2.13. The van der Waals surface area contributed by atoms with Crippen LogP contribution < -0.4 is 15.4 Å². The lowest BCUT2D eigenvalue weighted by molar-refractivity contribution is -0.384. The lowest BCUT2D eigenvalue weighted by atomic mass is 10.1. The minimum absolute atomic E-state index is 0.138. The molecule has 1 amide bonds. The average Bonchev–Trinajstić information content (AvgIpc) is 2.55. The van der Waals surface area contributed by atoms with Gasteiger partial charge in [0, 0.05) is 18.2 Å². The summed E-state index contributed by atoms with van der Waals surface area (Å²) in [5, 5.41) is 16.8. The second-order valence-electron chi connectivity index (χ2n) is 5.18. The van der Waals surface area contributed by atoms with Gasteiger partial charge in [0.05, 0.1) is 17.7 Å². The minimum atomic E-state index is -0.512. The van der Waals surface area contributed by atoms with Crippen LogP contribution in [-0.4, -0.2) is 24.5 Å². The summed E-state index contributed by atoms with van der Waals surface area (Å²) >= 11 is 0. The molecule has 0 aliphatic carbocycles. The molecule has 0 bridgehead atoms. The molecular formula is C17H19N3O4. The Morgan fingerprint density at radius 1 is 1.21 bits per heavy atom. The van der Waals surface area contributed by atoms with E-state index < -0.39 is 10.8 Å². The number of aryl methyl sites for hydroxylation is 1. The van der Waals surface area contributed by atoms with Gasteiger partial charge in [-0.2, -0.15) is 0 Å². The van der Waals surface area contributed by atoms with Crippen molar-refractivity contribution in [2.24, 2.45) is 0 Å². The number of methoxy groups -OCH3 is 1. The van der Waals surface area contributed by atoms with Gasteiger partial charge in [-0.3, -0.25) is 14.9 Å². The maximum atomic E-state index is 12.4. The van der Waals surface area contributed by atoms with Gasteiger partial charge in [-0.05, 0) is 43.7 Å². The van der Waals surface area contributed by atoms with Crippen LogP contribution in [0.4, 0.5) is 17.1 Å². The second kappa shape index (κ2) is 7.45. The van der Waals surface area contributed by atoms with E-state index in [1.165, 1.54) is 19.2 Å². The van der Waals surface area contributed by atoms with Crippen molar-refractivity contribution in [1.82, 2.24) is 0 Å². The van der Waals surface area contributed by atoms with Crippen molar-refractivity contribution in [3.63, 3.8) is 0 Å². The summed E-state index contributed by atoms with van der Waals surface area (Å²) in [7, 11) is 1.51. The molecule has 0 unspecified atom stereocenters. The largest absolute Gasteiger partial charge is 0.495 e. The van der Waals surface area contributed by atoms with Crippen molar-refractivity contribution >= 4 is 23.0 Å². The maximum absolute atomic E-state index is 12.4. The zero-order chi connectivity index (χ0) is 17.7. The molecule has 0 radical (unpaired) electrons. The Bertz CT molecular complexity index is 774. The van der Waals surface area contributed by atoms with Crippen LogP contribution in [0, 0.1) is 17.0 Å². The van der Waals surface area contributed by atoms with Gasteiger partial charge in [0.2, 0.25) is 0 Å². The van der Waals surface area contributed by atoms with E-state index in [1.54, 1.807) is 18.2 Å². The monoisotopic (exact) mass is 329 g/mol. The zero-order valence-corrected chi connectivity index (χ0v) is 13.8. The Kier molecular flexibility index (Phi) is 5.36. The van der Waals surface area contributed by atoms with E-state index in [9.17, 15) is 14.9 Å². The fraction of sp³-hybridized carbons (Fsp3) is 0.235. The molecule has 0 aliphatic rings. The van der Waals surface area contributed by atoms with Crippen LogP contribution in [0.1, 0.15) is 22.8 Å². The normalized spacial score (nSPS) is 10.1. The van der Waals surface area contributed by atoms with Crippen LogP contribution in [0.25, 0.3) is 0 Å². The summed E-state index contributed by atoms with van der Waals surface area (Å²) in [6, 6.07) is 9.73. The molecule has 126 valence electrons. The number of nitrogens with zero attached hydrogens (tertiary/aromatic N) is 1. The van der Waals surface area contributed by atoms with Crippen molar-refractivity contribution < 1.29 is 14.5 Å². The maximum Gasteiger partial charge on any atom is 0.293 e. The Labute approximate surface area is 139 Å². The highest BCUT2D eigenvalue weighted by molar-refractivity contribution is 6.05. The Hall–Kier alpha value is -3.09. The van der Waals surface area contributed by atoms with Crippen molar-refractivity contribution in [3.05, 3.63) is 57.6 Å². The van der Waals surface area contributed by atoms with Crippen LogP contribution >= 0.6 is 0 Å². The molecule has 2 N–H and O–H groups in total. The Balaban J connectivity index is 2.32. The van der Waals surface area contributed by atoms with Gasteiger partial charge in [-0.1, -0.05) is 6.07 Å². The van der Waals surface area contributed by atoms with E-state index in [1.807, 2.05) is 19.9 Å². The van der Waals surface area contributed by atoms with Gasteiger partial charge in [0.15, 0.2) is 0 Å². The minimum Gasteiger partial charge on any atom is -0.495 e. The van der Waals surface area contributed by atoms with Gasteiger partial charge >= 0.3 is 0 Å². The number of rotatable bonds is 6. The molecule has 0 saturated carbocycles. The topological polar surface area (TPSA) is 93.5 Å². The molecule has 2 rings (SSSR count). The first-order valence-corrected chi connectivity index (χ1v) is 7.44. The number of hydrogen-bond donors (Lipinski definition) is 2. The molecule has 24 heavy (non-hydrogen) atoms. The molecule has 7 nitrogen and oxygen atoms in total. The molecule has 0 spiro atoms. The highest BCUT2D eigenvalue weighted by Gasteiger charge is 2.18. The first-order chi connectivity index (χ1) is 11.5. The van der Waals surface area contributed by atoms with E-state index in [-0.39, 0.29) is 11.3 Å². The number of amides is 1. The number of anilines is 2. The third-order valence-electron chi connectivity index (χ3n) is 3.43. The molecule has 7 heteroatoms. The lowest BCUT2D eigenvalue weighted by Gasteiger charge is -2.11. The standard InChI is InChI=1S/C17H19N3O4/c1-4-18-13-7-6-12(10-15(13)20(22)23)17(21)19-14-9-11(2)5-8-16(14)24-3/h5-10,18H,4H2,1-3H3,(H,19,21). The van der Waals surface area contributed by atoms with Gasteiger partial charge in [-0.25, -0.2) is 0 Å². The van der Waals surface area contributed by atoms with E-state index in [4.69, 9.17) is 4.74 Å². The summed E-state index contributed by atoms with van der Waals surface area (Å²) in [5.41, 5.74) is 1.92. The summed E-state index contributed by atoms with van der Waals surface area (Å²) in [6.45, 7) is 4.28. The number of ether oxygens (including phenoxy) is 1. The zero-order valence-electron chi connectivity index (χ0n) is 13.8. The van der Waals surface area contributed by atoms with E-state index in [0.29, 0.717) is 23.7 Å². The first kappa shape index (κ1) is 17.3. The van der Waals surface area contributed by atoms with Crippen molar-refractivity contribution in [2.45, 2.75) is 13.8 Å². The summed E-state index contributed by atoms with van der Waals surface area (Å²) in [4.78, 5) is 23.1. The SMILES string of the molecule is CCNc1ccc(C(=O)Nc2cc(C)ccc2OC)cc1[N+](=O)[O-]. The van der Waals surface area contributed by atoms with Crippen LogP contribution in [0.15, 0.2) is 36.4 Å². The van der Waals surface area contributed by atoms with Crippen molar-refractivity contribution in [2.75, 3.05) is 24.3 Å². The van der Waals surface area contributed by atoms with Gasteiger partial charge in [0.25, 0.3) is 11.6 Å². The molecule has 0 atom stereocenters. The number of hydrogen-bond acceptors (Lipinski definition) is 5. The Morgan fingerprint density at radius 3 is 2.58 bits per heavy atom. The first-order valence-electron chi connectivity index (χ1n) is 7.44. The number of carbonyl (C=O) groups is 1. The predicted molar refractivity (Wildman–Crippen MR) is 92.9 cm³/mol. The third kappa shape index (κ3) is 3.81.